The fraction of sp³-hybridized carbons (Fsp3) is 0.857. The first kappa shape index (κ1) is 15.8. The van der Waals surface area contributed by atoms with Crippen LogP contribution in [-0.4, -0.2) is 24.1 Å². The number of nitrogens with two attached hydrogens (primary N) is 1. The number of amidine groups is 1. The van der Waals surface area contributed by atoms with Gasteiger partial charge in [0.05, 0.1) is 5.84 Å². The number of carbonyl (C=O) groups excluding carboxylic acids is 1. The van der Waals surface area contributed by atoms with Crippen molar-refractivity contribution in [3.05, 3.63) is 0 Å². The lowest BCUT2D eigenvalue weighted by Crippen LogP contribution is -2.43. The van der Waals surface area contributed by atoms with Gasteiger partial charge >= 0.3 is 6.09 Å². The summed E-state index contributed by atoms with van der Waals surface area (Å²) >= 11 is 0. The summed E-state index contributed by atoms with van der Waals surface area (Å²) in [5, 5.41) is 10.4. The van der Waals surface area contributed by atoms with Crippen LogP contribution >= 0.6 is 0 Å². The van der Waals surface area contributed by atoms with Crippen molar-refractivity contribution in [3.8, 4) is 0 Å². The first-order chi connectivity index (χ1) is 8.72. The number of hydrogen-bond donors (Lipinski definition) is 3. The first-order valence-corrected chi connectivity index (χ1v) is 7.02. The molecule has 1 aliphatic carbocycles. The molecular formula is C14H27N3O2. The molecule has 0 saturated heterocycles. The zero-order chi connectivity index (χ0) is 14.5. The number of ether oxygens (including phenoxy) is 1. The second kappa shape index (κ2) is 6.26. The fourth-order valence-corrected chi connectivity index (χ4v) is 2.70. The Bertz CT molecular complexity index is 328. The van der Waals surface area contributed by atoms with Crippen molar-refractivity contribution >= 4 is 11.9 Å². The maximum absolute atomic E-state index is 11.7. The van der Waals surface area contributed by atoms with Crippen LogP contribution in [0.4, 0.5) is 4.79 Å². The average Bonchev–Trinajstić information content (AvgIpc) is 2.24. The van der Waals surface area contributed by atoms with E-state index in [4.69, 9.17) is 15.9 Å². The topological polar surface area (TPSA) is 88.2 Å². The SMILES string of the molecule is CC(C)(C)OC(=O)NCC1(CC(=N)N)CCCCC1. The maximum atomic E-state index is 11.7. The third kappa shape index (κ3) is 5.94. The molecule has 5 heteroatoms. The molecule has 1 rings (SSSR count). The van der Waals surface area contributed by atoms with Crippen LogP contribution in [0.25, 0.3) is 0 Å². The van der Waals surface area contributed by atoms with Gasteiger partial charge in [-0.3, -0.25) is 5.41 Å². The summed E-state index contributed by atoms with van der Waals surface area (Å²) in [6.07, 6.45) is 5.72. The third-order valence-electron chi connectivity index (χ3n) is 3.49. The van der Waals surface area contributed by atoms with Gasteiger partial charge in [0, 0.05) is 13.0 Å². The minimum Gasteiger partial charge on any atom is -0.444 e. The van der Waals surface area contributed by atoms with E-state index in [2.05, 4.69) is 5.32 Å². The van der Waals surface area contributed by atoms with Crippen molar-refractivity contribution < 1.29 is 9.53 Å². The maximum Gasteiger partial charge on any atom is 0.407 e. The lowest BCUT2D eigenvalue weighted by atomic mass is 9.71. The van der Waals surface area contributed by atoms with Crippen molar-refractivity contribution in [2.24, 2.45) is 11.1 Å². The van der Waals surface area contributed by atoms with E-state index >= 15 is 0 Å². The van der Waals surface area contributed by atoms with Crippen molar-refractivity contribution in [2.45, 2.75) is 64.9 Å². The smallest absolute Gasteiger partial charge is 0.407 e. The Balaban J connectivity index is 2.53. The zero-order valence-electron chi connectivity index (χ0n) is 12.3. The van der Waals surface area contributed by atoms with Gasteiger partial charge in [0.1, 0.15) is 5.60 Å². The number of hydrogen-bond acceptors (Lipinski definition) is 3. The van der Waals surface area contributed by atoms with E-state index in [1.807, 2.05) is 20.8 Å². The normalized spacial score (nSPS) is 18.7. The van der Waals surface area contributed by atoms with E-state index in [1.54, 1.807) is 0 Å². The predicted molar refractivity (Wildman–Crippen MR) is 76.3 cm³/mol. The van der Waals surface area contributed by atoms with Gasteiger partial charge in [-0.15, -0.1) is 0 Å². The van der Waals surface area contributed by atoms with Gasteiger partial charge in [0.15, 0.2) is 0 Å². The zero-order valence-corrected chi connectivity index (χ0v) is 12.3. The molecule has 1 saturated carbocycles. The number of nitrogens with one attached hydrogen (secondary N) is 2. The molecule has 110 valence electrons. The van der Waals surface area contributed by atoms with Gasteiger partial charge in [-0.25, -0.2) is 4.79 Å². The lowest BCUT2D eigenvalue weighted by Gasteiger charge is -2.37. The molecular weight excluding hydrogens is 242 g/mol. The van der Waals surface area contributed by atoms with Crippen LogP contribution in [0.2, 0.25) is 0 Å². The molecule has 19 heavy (non-hydrogen) atoms. The summed E-state index contributed by atoms with van der Waals surface area (Å²) in [4.78, 5) is 11.7. The standard InChI is InChI=1S/C14H27N3O2/c1-13(2,3)19-12(18)17-10-14(9-11(15)16)7-5-4-6-8-14/h4-10H2,1-3H3,(H3,15,16)(H,17,18). The van der Waals surface area contributed by atoms with Gasteiger partial charge in [0.25, 0.3) is 0 Å². The van der Waals surface area contributed by atoms with Crippen LogP contribution in [-0.2, 0) is 4.74 Å². The van der Waals surface area contributed by atoms with E-state index in [-0.39, 0.29) is 17.3 Å². The molecule has 0 aliphatic heterocycles. The monoisotopic (exact) mass is 269 g/mol. The molecule has 5 nitrogen and oxygen atoms in total. The first-order valence-electron chi connectivity index (χ1n) is 7.02. The van der Waals surface area contributed by atoms with Crippen molar-refractivity contribution in [2.75, 3.05) is 6.54 Å². The van der Waals surface area contributed by atoms with Crippen LogP contribution in [0.15, 0.2) is 0 Å². The van der Waals surface area contributed by atoms with E-state index in [0.29, 0.717) is 13.0 Å². The molecule has 1 fully saturated rings. The van der Waals surface area contributed by atoms with E-state index in [9.17, 15) is 4.79 Å². The van der Waals surface area contributed by atoms with E-state index in [1.165, 1.54) is 6.42 Å². The summed E-state index contributed by atoms with van der Waals surface area (Å²) in [5.41, 5.74) is 5.02. The summed E-state index contributed by atoms with van der Waals surface area (Å²) in [7, 11) is 0. The molecule has 0 aromatic carbocycles. The molecule has 0 bridgehead atoms. The molecule has 4 N–H and O–H groups in total. The van der Waals surface area contributed by atoms with Gasteiger partial charge < -0.3 is 15.8 Å². The minimum atomic E-state index is -0.482. The molecule has 0 radical (unpaired) electrons. The van der Waals surface area contributed by atoms with Crippen LogP contribution in [0.1, 0.15) is 59.3 Å². The van der Waals surface area contributed by atoms with Crippen LogP contribution in [0.5, 0.6) is 0 Å². The molecule has 0 unspecified atom stereocenters. The summed E-state index contributed by atoms with van der Waals surface area (Å²) in [5.74, 6) is 0.202. The number of rotatable bonds is 4. The highest BCUT2D eigenvalue weighted by Crippen LogP contribution is 2.38. The van der Waals surface area contributed by atoms with Crippen molar-refractivity contribution in [3.63, 3.8) is 0 Å². The molecule has 0 aromatic heterocycles. The molecule has 0 aromatic rings. The van der Waals surface area contributed by atoms with Gasteiger partial charge in [-0.1, -0.05) is 19.3 Å². The summed E-state index contributed by atoms with van der Waals surface area (Å²) < 4.78 is 5.24. The fourth-order valence-electron chi connectivity index (χ4n) is 2.70. The number of alkyl carbamates (subject to hydrolysis) is 1. The van der Waals surface area contributed by atoms with Crippen LogP contribution < -0.4 is 11.1 Å². The molecule has 1 amide bonds. The number of amides is 1. The van der Waals surface area contributed by atoms with Gasteiger partial charge in [-0.05, 0) is 39.0 Å². The summed E-state index contributed by atoms with van der Waals surface area (Å²) in [6.45, 7) is 6.08. The molecule has 0 heterocycles. The Morgan fingerprint density at radius 1 is 1.32 bits per heavy atom. The van der Waals surface area contributed by atoms with Gasteiger partial charge in [0.2, 0.25) is 0 Å². The van der Waals surface area contributed by atoms with Crippen molar-refractivity contribution in [1.82, 2.24) is 5.32 Å². The molecule has 0 atom stereocenters. The highest BCUT2D eigenvalue weighted by atomic mass is 16.6. The summed E-state index contributed by atoms with van der Waals surface area (Å²) in [6, 6.07) is 0. The van der Waals surface area contributed by atoms with E-state index < -0.39 is 5.60 Å². The van der Waals surface area contributed by atoms with Gasteiger partial charge in [-0.2, -0.15) is 0 Å². The second-order valence-corrected chi connectivity index (χ2v) is 6.62. The Kier molecular flexibility index (Phi) is 5.20. The Morgan fingerprint density at radius 2 is 1.89 bits per heavy atom. The highest BCUT2D eigenvalue weighted by molar-refractivity contribution is 5.77. The quantitative estimate of drug-likeness (QED) is 0.541. The van der Waals surface area contributed by atoms with E-state index in [0.717, 1.165) is 25.7 Å². The highest BCUT2D eigenvalue weighted by Gasteiger charge is 2.33. The Morgan fingerprint density at radius 3 is 2.37 bits per heavy atom. The van der Waals surface area contributed by atoms with Crippen molar-refractivity contribution in [1.29, 1.82) is 5.41 Å². The lowest BCUT2D eigenvalue weighted by molar-refractivity contribution is 0.0485. The largest absolute Gasteiger partial charge is 0.444 e. The molecule has 0 spiro atoms. The molecule has 1 aliphatic rings. The Hall–Kier alpha value is -1.26. The average molecular weight is 269 g/mol. The minimum absolute atomic E-state index is 0.0546. The second-order valence-electron chi connectivity index (χ2n) is 6.62. The Labute approximate surface area is 115 Å². The predicted octanol–water partition coefficient (Wildman–Crippen LogP) is 2.79. The van der Waals surface area contributed by atoms with Crippen LogP contribution in [0.3, 0.4) is 0 Å². The van der Waals surface area contributed by atoms with Crippen LogP contribution in [0, 0.1) is 10.8 Å². The third-order valence-corrected chi connectivity index (χ3v) is 3.49. The number of carbonyl (C=O) groups is 1.